The third kappa shape index (κ3) is 1.31. The van der Waals surface area contributed by atoms with Gasteiger partial charge in [0, 0.05) is 35.6 Å². The number of benzene rings is 1. The molecule has 2 aliphatic rings. The second-order valence-corrected chi connectivity index (χ2v) is 5.69. The van der Waals surface area contributed by atoms with Gasteiger partial charge in [0.15, 0.2) is 0 Å². The first-order chi connectivity index (χ1) is 8.33. The topological polar surface area (TPSA) is 19.0 Å². The summed E-state index contributed by atoms with van der Waals surface area (Å²) >= 11 is 0. The predicted octanol–water partition coefficient (Wildman–Crippen LogP) is 2.76. The molecule has 1 fully saturated rings. The van der Waals surface area contributed by atoms with Crippen LogP contribution in [0.4, 0.5) is 0 Å². The number of para-hydroxylation sites is 1. The van der Waals surface area contributed by atoms with Crippen LogP contribution in [0.3, 0.4) is 0 Å². The summed E-state index contributed by atoms with van der Waals surface area (Å²) in [6.45, 7) is 2.52. The Morgan fingerprint density at radius 1 is 1.24 bits per heavy atom. The van der Waals surface area contributed by atoms with Crippen molar-refractivity contribution in [2.24, 2.45) is 5.92 Å². The molecule has 2 heteroatoms. The standard InChI is InChI=1S/C15H18N2/c1-17-8-10-6-7-14-15(12(10)9-17)11-4-2-3-5-13(11)16-14/h2-5,10,12,16H,6-9H2,1H3/t10-,12?/m0/s1. The molecule has 2 heterocycles. The Morgan fingerprint density at radius 2 is 2.12 bits per heavy atom. The van der Waals surface area contributed by atoms with E-state index >= 15 is 0 Å². The number of H-pyrrole nitrogens is 1. The molecule has 2 aromatic rings. The SMILES string of the molecule is CN1CC2c3c([nH]c4ccccc34)CC[C@H]2C1. The van der Waals surface area contributed by atoms with Crippen LogP contribution >= 0.6 is 0 Å². The molecule has 1 N–H and O–H groups in total. The lowest BCUT2D eigenvalue weighted by Crippen LogP contribution is -2.18. The van der Waals surface area contributed by atoms with E-state index in [0.717, 1.165) is 11.8 Å². The Balaban J connectivity index is 1.94. The second-order valence-electron chi connectivity index (χ2n) is 5.69. The number of nitrogens with one attached hydrogen (secondary N) is 1. The Bertz CT molecular complexity index is 569. The molecule has 2 atom stereocenters. The van der Waals surface area contributed by atoms with E-state index in [1.165, 1.54) is 42.5 Å². The van der Waals surface area contributed by atoms with E-state index in [-0.39, 0.29) is 0 Å². The Morgan fingerprint density at radius 3 is 3.06 bits per heavy atom. The quantitative estimate of drug-likeness (QED) is 0.732. The van der Waals surface area contributed by atoms with Crippen LogP contribution in [0.25, 0.3) is 10.9 Å². The zero-order chi connectivity index (χ0) is 11.4. The Labute approximate surface area is 102 Å². The molecule has 0 spiro atoms. The van der Waals surface area contributed by atoms with E-state index in [1.807, 2.05) is 0 Å². The van der Waals surface area contributed by atoms with Gasteiger partial charge in [0.05, 0.1) is 0 Å². The highest BCUT2D eigenvalue weighted by Crippen LogP contribution is 2.43. The normalized spacial score (nSPS) is 28.3. The molecule has 2 nitrogen and oxygen atoms in total. The number of rotatable bonds is 0. The highest BCUT2D eigenvalue weighted by atomic mass is 15.1. The van der Waals surface area contributed by atoms with Gasteiger partial charge in [0.25, 0.3) is 0 Å². The Hall–Kier alpha value is -1.28. The van der Waals surface area contributed by atoms with Crippen LogP contribution in [0.5, 0.6) is 0 Å². The summed E-state index contributed by atoms with van der Waals surface area (Å²) in [5, 5.41) is 1.47. The lowest BCUT2D eigenvalue weighted by Gasteiger charge is -2.24. The predicted molar refractivity (Wildman–Crippen MR) is 70.3 cm³/mol. The van der Waals surface area contributed by atoms with Crippen LogP contribution in [-0.4, -0.2) is 30.0 Å². The van der Waals surface area contributed by atoms with Gasteiger partial charge in [-0.25, -0.2) is 0 Å². The fraction of sp³-hybridized carbons (Fsp3) is 0.467. The maximum absolute atomic E-state index is 3.62. The summed E-state index contributed by atoms with van der Waals surface area (Å²) < 4.78 is 0. The third-order valence-electron chi connectivity index (χ3n) is 4.59. The van der Waals surface area contributed by atoms with Crippen molar-refractivity contribution in [2.75, 3.05) is 20.1 Å². The van der Waals surface area contributed by atoms with Gasteiger partial charge in [-0.3, -0.25) is 0 Å². The molecule has 0 saturated carbocycles. The summed E-state index contributed by atoms with van der Waals surface area (Å²) in [5.41, 5.74) is 4.46. The van der Waals surface area contributed by atoms with E-state index in [4.69, 9.17) is 0 Å². The van der Waals surface area contributed by atoms with Crippen molar-refractivity contribution < 1.29 is 0 Å². The van der Waals surface area contributed by atoms with Crippen LogP contribution in [0.2, 0.25) is 0 Å². The highest BCUT2D eigenvalue weighted by molar-refractivity contribution is 5.85. The van der Waals surface area contributed by atoms with Crippen LogP contribution < -0.4 is 0 Å². The van der Waals surface area contributed by atoms with Gasteiger partial charge in [-0.15, -0.1) is 0 Å². The number of hydrogen-bond acceptors (Lipinski definition) is 1. The zero-order valence-electron chi connectivity index (χ0n) is 10.2. The van der Waals surface area contributed by atoms with E-state index in [1.54, 1.807) is 5.56 Å². The number of nitrogens with zero attached hydrogens (tertiary/aromatic N) is 1. The number of aromatic amines is 1. The fourth-order valence-corrected chi connectivity index (χ4v) is 3.88. The largest absolute Gasteiger partial charge is 0.358 e. The molecule has 88 valence electrons. The van der Waals surface area contributed by atoms with Gasteiger partial charge < -0.3 is 9.88 Å². The fourth-order valence-electron chi connectivity index (χ4n) is 3.88. The number of likely N-dealkylation sites (tertiary alicyclic amines) is 1. The first kappa shape index (κ1) is 9.72. The molecule has 1 aromatic heterocycles. The summed E-state index contributed by atoms with van der Waals surface area (Å²) in [4.78, 5) is 6.12. The lowest BCUT2D eigenvalue weighted by atomic mass is 9.79. The molecular formula is C15H18N2. The molecule has 17 heavy (non-hydrogen) atoms. The van der Waals surface area contributed by atoms with Gasteiger partial charge in [0.1, 0.15) is 0 Å². The first-order valence-corrected chi connectivity index (χ1v) is 6.61. The minimum absolute atomic E-state index is 0.764. The molecule has 1 aromatic carbocycles. The molecule has 1 saturated heterocycles. The molecule has 0 amide bonds. The van der Waals surface area contributed by atoms with Crippen molar-refractivity contribution in [1.82, 2.24) is 9.88 Å². The molecule has 1 aliphatic carbocycles. The van der Waals surface area contributed by atoms with Crippen LogP contribution in [0.1, 0.15) is 23.6 Å². The van der Waals surface area contributed by atoms with Crippen molar-refractivity contribution >= 4 is 10.9 Å². The van der Waals surface area contributed by atoms with Gasteiger partial charge in [-0.1, -0.05) is 18.2 Å². The molecule has 0 bridgehead atoms. The van der Waals surface area contributed by atoms with E-state index in [9.17, 15) is 0 Å². The number of likely N-dealkylation sites (N-methyl/N-ethyl adjacent to an activating group) is 1. The van der Waals surface area contributed by atoms with Crippen molar-refractivity contribution in [3.63, 3.8) is 0 Å². The van der Waals surface area contributed by atoms with Gasteiger partial charge in [-0.2, -0.15) is 0 Å². The molecule has 0 radical (unpaired) electrons. The summed E-state index contributed by atoms with van der Waals surface area (Å²) in [6.07, 6.45) is 2.59. The number of aryl methyl sites for hydroxylation is 1. The van der Waals surface area contributed by atoms with E-state index in [2.05, 4.69) is 41.2 Å². The average molecular weight is 226 g/mol. The van der Waals surface area contributed by atoms with Crippen LogP contribution in [0, 0.1) is 5.92 Å². The van der Waals surface area contributed by atoms with E-state index in [0.29, 0.717) is 0 Å². The van der Waals surface area contributed by atoms with Crippen LogP contribution in [0.15, 0.2) is 24.3 Å². The molecule has 1 unspecified atom stereocenters. The number of hydrogen-bond donors (Lipinski definition) is 1. The molecule has 1 aliphatic heterocycles. The minimum Gasteiger partial charge on any atom is -0.358 e. The Kier molecular flexibility index (Phi) is 1.92. The number of aromatic nitrogens is 1. The first-order valence-electron chi connectivity index (χ1n) is 6.61. The van der Waals surface area contributed by atoms with Crippen LogP contribution in [-0.2, 0) is 6.42 Å². The smallest absolute Gasteiger partial charge is 0.0459 e. The van der Waals surface area contributed by atoms with Crippen molar-refractivity contribution in [3.8, 4) is 0 Å². The monoisotopic (exact) mass is 226 g/mol. The average Bonchev–Trinajstić information content (AvgIpc) is 2.87. The third-order valence-corrected chi connectivity index (χ3v) is 4.59. The summed E-state index contributed by atoms with van der Waals surface area (Å²) in [5.74, 6) is 1.65. The highest BCUT2D eigenvalue weighted by Gasteiger charge is 2.37. The molecular weight excluding hydrogens is 208 g/mol. The second kappa shape index (κ2) is 3.36. The van der Waals surface area contributed by atoms with Gasteiger partial charge in [0.2, 0.25) is 0 Å². The lowest BCUT2D eigenvalue weighted by molar-refractivity contribution is 0.386. The summed E-state index contributed by atoms with van der Waals surface area (Å²) in [7, 11) is 2.26. The maximum atomic E-state index is 3.62. The minimum atomic E-state index is 0.764. The van der Waals surface area contributed by atoms with E-state index < -0.39 is 0 Å². The molecule has 4 rings (SSSR count). The van der Waals surface area contributed by atoms with Crippen molar-refractivity contribution in [2.45, 2.75) is 18.8 Å². The van der Waals surface area contributed by atoms with Gasteiger partial charge >= 0.3 is 0 Å². The van der Waals surface area contributed by atoms with Crippen molar-refractivity contribution in [3.05, 3.63) is 35.5 Å². The maximum Gasteiger partial charge on any atom is 0.0459 e. The van der Waals surface area contributed by atoms with Gasteiger partial charge in [-0.05, 0) is 37.4 Å². The zero-order valence-corrected chi connectivity index (χ0v) is 10.2. The summed E-state index contributed by atoms with van der Waals surface area (Å²) in [6, 6.07) is 8.79. The van der Waals surface area contributed by atoms with Crippen molar-refractivity contribution in [1.29, 1.82) is 0 Å². The number of fused-ring (bicyclic) bond motifs is 5.